The molecule has 2 aromatic heterocycles. The third-order valence-corrected chi connectivity index (χ3v) is 9.63. The molecule has 1 amide bonds. The van der Waals surface area contributed by atoms with Crippen molar-refractivity contribution < 1.29 is 24.0 Å². The highest BCUT2D eigenvalue weighted by molar-refractivity contribution is 6.08. The molecule has 3 aliphatic rings. The number of hydrogen-bond donors (Lipinski definition) is 1. The van der Waals surface area contributed by atoms with Gasteiger partial charge in [-0.15, -0.1) is 5.06 Å². The van der Waals surface area contributed by atoms with Crippen LogP contribution in [0.25, 0.3) is 22.4 Å². The molecule has 46 heavy (non-hydrogen) atoms. The number of piperazine rings is 1. The van der Waals surface area contributed by atoms with Crippen molar-refractivity contribution in [1.82, 2.24) is 24.9 Å². The van der Waals surface area contributed by atoms with E-state index < -0.39 is 11.8 Å². The van der Waals surface area contributed by atoms with Gasteiger partial charge in [0.1, 0.15) is 11.1 Å². The number of fused-ring (bicyclic) bond motifs is 1. The summed E-state index contributed by atoms with van der Waals surface area (Å²) in [5, 5.41) is 1.59. The fourth-order valence-corrected chi connectivity index (χ4v) is 6.96. The Bertz CT molecular complexity index is 1570. The van der Waals surface area contributed by atoms with Crippen LogP contribution >= 0.6 is 0 Å². The number of amides is 1. The normalized spacial score (nSPS) is 19.7. The van der Waals surface area contributed by atoms with E-state index in [9.17, 15) is 14.4 Å². The molecule has 2 aliphatic heterocycles. The van der Waals surface area contributed by atoms with Gasteiger partial charge in [-0.2, -0.15) is 0 Å². The first-order valence-electron chi connectivity index (χ1n) is 16.7. The minimum absolute atomic E-state index is 0.0761. The summed E-state index contributed by atoms with van der Waals surface area (Å²) in [7, 11) is 0. The lowest BCUT2D eigenvalue weighted by Gasteiger charge is -2.39. The Morgan fingerprint density at radius 3 is 2.39 bits per heavy atom. The van der Waals surface area contributed by atoms with E-state index in [1.165, 1.54) is 6.42 Å². The number of H-pyrrole nitrogens is 1. The first kappa shape index (κ1) is 32.0. The van der Waals surface area contributed by atoms with Gasteiger partial charge in [-0.25, -0.2) is 14.8 Å². The molecule has 3 aromatic rings. The number of Topliss-reactive ketones (excluding diaryl/α,β-unsaturated/α-hetero) is 1. The van der Waals surface area contributed by atoms with E-state index in [-0.39, 0.29) is 23.0 Å². The van der Waals surface area contributed by atoms with Gasteiger partial charge in [0.05, 0.1) is 17.5 Å². The van der Waals surface area contributed by atoms with Crippen LogP contribution in [0.3, 0.4) is 0 Å². The lowest BCUT2D eigenvalue weighted by Crippen LogP contribution is -2.51. The summed E-state index contributed by atoms with van der Waals surface area (Å²) in [4.78, 5) is 61.3. The Hall–Kier alpha value is -3.99. The summed E-state index contributed by atoms with van der Waals surface area (Å²) in [6.07, 6.45) is 9.30. The van der Waals surface area contributed by atoms with Crippen molar-refractivity contribution in [2.24, 2.45) is 11.3 Å². The summed E-state index contributed by atoms with van der Waals surface area (Å²) in [6.45, 7) is 11.3. The van der Waals surface area contributed by atoms with E-state index in [0.717, 1.165) is 55.7 Å². The number of hydroxylamine groups is 2. The number of aromatic nitrogens is 3. The molecular formula is C35H46N6O5. The molecule has 2 saturated heterocycles. The quantitative estimate of drug-likeness (QED) is 0.258. The molecule has 246 valence electrons. The minimum Gasteiger partial charge on any atom is -0.427 e. The van der Waals surface area contributed by atoms with Crippen molar-refractivity contribution in [2.75, 3.05) is 44.2 Å². The molecule has 1 N–H and O–H groups in total. The molecule has 4 heterocycles. The van der Waals surface area contributed by atoms with E-state index in [0.29, 0.717) is 55.7 Å². The van der Waals surface area contributed by atoms with Gasteiger partial charge in [0.2, 0.25) is 5.91 Å². The Morgan fingerprint density at radius 2 is 1.70 bits per heavy atom. The fraction of sp³-hybridized carbons (Fsp3) is 0.571. The van der Waals surface area contributed by atoms with Gasteiger partial charge >= 0.3 is 6.16 Å². The van der Waals surface area contributed by atoms with E-state index >= 15 is 0 Å². The second kappa shape index (κ2) is 13.0. The fourth-order valence-electron chi connectivity index (χ4n) is 6.96. The lowest BCUT2D eigenvalue weighted by molar-refractivity contribution is -0.161. The lowest BCUT2D eigenvalue weighted by atomic mass is 9.71. The van der Waals surface area contributed by atoms with Crippen LogP contribution in [0.2, 0.25) is 0 Å². The largest absolute Gasteiger partial charge is 0.528 e. The average molecular weight is 631 g/mol. The van der Waals surface area contributed by atoms with Crippen molar-refractivity contribution in [3.05, 3.63) is 42.2 Å². The topological polar surface area (TPSA) is 121 Å². The number of benzene rings is 1. The van der Waals surface area contributed by atoms with Crippen LogP contribution in [-0.2, 0) is 14.4 Å². The summed E-state index contributed by atoms with van der Waals surface area (Å²) < 4.78 is 5.24. The maximum absolute atomic E-state index is 13.6. The molecule has 1 aliphatic carbocycles. The zero-order valence-corrected chi connectivity index (χ0v) is 27.5. The van der Waals surface area contributed by atoms with Crippen LogP contribution in [0.4, 0.5) is 10.5 Å². The van der Waals surface area contributed by atoms with Crippen LogP contribution in [0.1, 0.15) is 83.0 Å². The summed E-state index contributed by atoms with van der Waals surface area (Å²) in [5.41, 5.74) is 3.67. The molecule has 11 heteroatoms. The monoisotopic (exact) mass is 630 g/mol. The Labute approximate surface area is 270 Å². The maximum Gasteiger partial charge on any atom is 0.528 e. The SMILES string of the molecule is CC(C)(C)OC(=O)ON1CCC(C(=O)N2CCN(c3cccc(-c4cnc5[nH]cc(C(=O)C6(C)CCCCC6)c5n4)c3)CC2)CC1. The number of carbonyl (C=O) groups excluding carboxylic acids is 3. The van der Waals surface area contributed by atoms with Crippen LogP contribution in [0.15, 0.2) is 36.7 Å². The minimum atomic E-state index is -0.710. The predicted octanol–water partition coefficient (Wildman–Crippen LogP) is 6.01. The van der Waals surface area contributed by atoms with Gasteiger partial charge in [-0.1, -0.05) is 38.3 Å². The van der Waals surface area contributed by atoms with E-state index in [1.807, 2.05) is 17.0 Å². The first-order valence-corrected chi connectivity index (χ1v) is 16.7. The standard InChI is InChI=1S/C35H46N6O5/c1-34(2,3)45-33(44)46-41-15-11-24(12-16-41)32(43)40-19-17-39(18-20-40)26-10-8-9-25(21-26)28-23-37-31-29(38-28)27(22-36-31)30(42)35(4)13-6-5-7-14-35/h8-10,21-24H,5-7,11-20H2,1-4H3,(H,36,37). The van der Waals surface area contributed by atoms with E-state index in [2.05, 4.69) is 33.9 Å². The number of aromatic amines is 1. The molecule has 0 atom stereocenters. The average Bonchev–Trinajstić information content (AvgIpc) is 3.47. The highest BCUT2D eigenvalue weighted by Crippen LogP contribution is 2.40. The van der Waals surface area contributed by atoms with Crippen molar-refractivity contribution in [3.63, 3.8) is 0 Å². The second-order valence-electron chi connectivity index (χ2n) is 14.2. The molecule has 1 saturated carbocycles. The molecular weight excluding hydrogens is 584 g/mol. The number of hydrogen-bond acceptors (Lipinski definition) is 9. The van der Waals surface area contributed by atoms with Crippen LogP contribution < -0.4 is 4.90 Å². The smallest absolute Gasteiger partial charge is 0.427 e. The van der Waals surface area contributed by atoms with E-state index in [4.69, 9.17) is 14.6 Å². The van der Waals surface area contributed by atoms with Crippen molar-refractivity contribution in [1.29, 1.82) is 0 Å². The number of nitrogens with zero attached hydrogens (tertiary/aromatic N) is 5. The van der Waals surface area contributed by atoms with Crippen molar-refractivity contribution >= 4 is 34.7 Å². The molecule has 0 unspecified atom stereocenters. The molecule has 0 spiro atoms. The number of anilines is 1. The van der Waals surface area contributed by atoms with Gasteiger partial charge in [-0.05, 0) is 58.6 Å². The summed E-state index contributed by atoms with van der Waals surface area (Å²) in [5.74, 6) is 0.256. The molecule has 0 radical (unpaired) electrons. The molecule has 6 rings (SSSR count). The summed E-state index contributed by atoms with van der Waals surface area (Å²) in [6, 6.07) is 8.24. The number of carbonyl (C=O) groups is 3. The molecule has 11 nitrogen and oxygen atoms in total. The van der Waals surface area contributed by atoms with Gasteiger partial charge in [0, 0.05) is 68.0 Å². The number of ketones is 1. The van der Waals surface area contributed by atoms with Gasteiger partial charge < -0.3 is 24.4 Å². The van der Waals surface area contributed by atoms with Crippen LogP contribution in [0, 0.1) is 11.3 Å². The third kappa shape index (κ3) is 7.04. The molecule has 1 aromatic carbocycles. The number of nitrogens with one attached hydrogen (secondary N) is 1. The van der Waals surface area contributed by atoms with E-state index in [1.54, 1.807) is 38.2 Å². The van der Waals surface area contributed by atoms with Crippen LogP contribution in [0.5, 0.6) is 0 Å². The first-order chi connectivity index (χ1) is 22.0. The molecule has 0 bridgehead atoms. The molecule has 3 fully saturated rings. The predicted molar refractivity (Wildman–Crippen MR) is 175 cm³/mol. The Morgan fingerprint density at radius 1 is 0.978 bits per heavy atom. The van der Waals surface area contributed by atoms with Gasteiger partial charge in [-0.3, -0.25) is 9.59 Å². The Balaban J connectivity index is 1.06. The maximum atomic E-state index is 13.6. The number of ether oxygens (including phenoxy) is 1. The third-order valence-electron chi connectivity index (χ3n) is 9.63. The van der Waals surface area contributed by atoms with Crippen molar-refractivity contribution in [3.8, 4) is 11.3 Å². The highest BCUT2D eigenvalue weighted by Gasteiger charge is 2.37. The van der Waals surface area contributed by atoms with Gasteiger partial charge in [0.25, 0.3) is 0 Å². The van der Waals surface area contributed by atoms with Gasteiger partial charge in [0.15, 0.2) is 11.4 Å². The number of rotatable bonds is 6. The second-order valence-corrected chi connectivity index (χ2v) is 14.2. The zero-order chi connectivity index (χ0) is 32.5. The summed E-state index contributed by atoms with van der Waals surface area (Å²) >= 11 is 0. The number of piperidine rings is 1. The Kier molecular flexibility index (Phi) is 9.05. The van der Waals surface area contributed by atoms with Crippen LogP contribution in [-0.4, -0.2) is 87.6 Å². The van der Waals surface area contributed by atoms with Crippen molar-refractivity contribution in [2.45, 2.75) is 78.2 Å². The highest BCUT2D eigenvalue weighted by atomic mass is 16.8. The zero-order valence-electron chi connectivity index (χ0n) is 27.5.